The normalized spacial score (nSPS) is 13.5. The number of amides is 3. The van der Waals surface area contributed by atoms with Gasteiger partial charge in [-0.25, -0.2) is 4.90 Å². The van der Waals surface area contributed by atoms with Gasteiger partial charge in [-0.15, -0.1) is 0 Å². The highest BCUT2D eigenvalue weighted by Crippen LogP contribution is 2.33. The van der Waals surface area contributed by atoms with Crippen LogP contribution in [0.3, 0.4) is 0 Å². The van der Waals surface area contributed by atoms with Crippen LogP contribution in [0.5, 0.6) is 0 Å². The quantitative estimate of drug-likeness (QED) is 0.385. The molecule has 1 heterocycles. The van der Waals surface area contributed by atoms with Gasteiger partial charge in [0.15, 0.2) is 0 Å². The molecule has 4 rings (SSSR count). The fourth-order valence-corrected chi connectivity index (χ4v) is 3.72. The first-order valence-corrected chi connectivity index (χ1v) is 10.9. The topological polar surface area (TPSA) is 78.5 Å². The zero-order chi connectivity index (χ0) is 23.7. The Morgan fingerprint density at radius 3 is 2.18 bits per heavy atom. The summed E-state index contributed by atoms with van der Waals surface area (Å²) in [4.78, 5) is 39.1. The largest absolute Gasteiger partial charge is 0.350 e. The van der Waals surface area contributed by atoms with E-state index in [0.29, 0.717) is 22.0 Å². The molecule has 0 aromatic heterocycles. The molecule has 0 spiro atoms. The van der Waals surface area contributed by atoms with Crippen molar-refractivity contribution in [1.29, 1.82) is 0 Å². The minimum atomic E-state index is -0.709. The summed E-state index contributed by atoms with van der Waals surface area (Å²) < 4.78 is 0. The number of nitrogens with one attached hydrogen (secondary N) is 2. The number of rotatable bonds is 5. The number of carbonyl (C=O) groups excluding carboxylic acids is 3. The van der Waals surface area contributed by atoms with Gasteiger partial charge in [0.2, 0.25) is 0 Å². The lowest BCUT2D eigenvalue weighted by atomic mass is 10.1. The minimum absolute atomic E-state index is 0.122. The summed E-state index contributed by atoms with van der Waals surface area (Å²) in [6, 6.07) is 17.4. The highest BCUT2D eigenvalue weighted by atomic mass is 35.5. The zero-order valence-corrected chi connectivity index (χ0v) is 19.6. The number of nitrogens with zero attached hydrogens (tertiary/aromatic N) is 1. The van der Waals surface area contributed by atoms with Gasteiger partial charge in [-0.3, -0.25) is 14.4 Å². The molecule has 0 saturated carbocycles. The van der Waals surface area contributed by atoms with Crippen LogP contribution in [0.2, 0.25) is 15.1 Å². The van der Waals surface area contributed by atoms with Gasteiger partial charge in [-0.1, -0.05) is 52.5 Å². The number of halogens is 4. The van der Waals surface area contributed by atoms with E-state index in [-0.39, 0.29) is 32.4 Å². The van der Waals surface area contributed by atoms with Gasteiger partial charge >= 0.3 is 0 Å². The molecule has 1 aliphatic rings. The molecule has 0 atom stereocenters. The van der Waals surface area contributed by atoms with Crippen molar-refractivity contribution in [2.45, 2.75) is 0 Å². The van der Waals surface area contributed by atoms with Crippen molar-refractivity contribution in [1.82, 2.24) is 0 Å². The maximum absolute atomic E-state index is 12.9. The fraction of sp³-hybridized carbons (Fsp3) is 0. The Bertz CT molecular complexity index is 1320. The second-order valence-electron chi connectivity index (χ2n) is 6.90. The lowest BCUT2D eigenvalue weighted by molar-refractivity contribution is -0.120. The maximum atomic E-state index is 12.9. The van der Waals surface area contributed by atoms with Gasteiger partial charge in [0.05, 0.1) is 15.7 Å². The molecule has 33 heavy (non-hydrogen) atoms. The van der Waals surface area contributed by atoms with Crippen LogP contribution in [0, 0.1) is 0 Å². The van der Waals surface area contributed by atoms with Crippen molar-refractivity contribution in [3.05, 3.63) is 98.1 Å². The Kier molecular flexibility index (Phi) is 6.63. The third-order valence-corrected chi connectivity index (χ3v) is 6.03. The Balaban J connectivity index is 1.54. The van der Waals surface area contributed by atoms with Gasteiger partial charge in [0, 0.05) is 22.0 Å². The van der Waals surface area contributed by atoms with E-state index in [0.717, 1.165) is 4.90 Å². The van der Waals surface area contributed by atoms with E-state index in [1.807, 2.05) is 0 Å². The summed E-state index contributed by atoms with van der Waals surface area (Å²) in [6.45, 7) is 0. The summed E-state index contributed by atoms with van der Waals surface area (Å²) in [6.07, 6.45) is 0. The van der Waals surface area contributed by atoms with E-state index in [9.17, 15) is 14.4 Å². The van der Waals surface area contributed by atoms with Crippen molar-refractivity contribution in [2.24, 2.45) is 0 Å². The van der Waals surface area contributed by atoms with Gasteiger partial charge in [0.25, 0.3) is 17.7 Å². The van der Waals surface area contributed by atoms with E-state index in [1.165, 1.54) is 24.3 Å². The van der Waals surface area contributed by atoms with Crippen LogP contribution in [-0.2, 0) is 9.59 Å². The zero-order valence-electron chi connectivity index (χ0n) is 16.5. The van der Waals surface area contributed by atoms with Crippen LogP contribution >= 0.6 is 46.4 Å². The van der Waals surface area contributed by atoms with E-state index in [4.69, 9.17) is 46.4 Å². The maximum Gasteiger partial charge on any atom is 0.283 e. The van der Waals surface area contributed by atoms with Gasteiger partial charge < -0.3 is 10.6 Å². The molecule has 3 aromatic carbocycles. The lowest BCUT2D eigenvalue weighted by Crippen LogP contribution is -2.32. The first kappa shape index (κ1) is 23.1. The van der Waals surface area contributed by atoms with Crippen molar-refractivity contribution in [3.63, 3.8) is 0 Å². The van der Waals surface area contributed by atoms with Crippen LogP contribution in [-0.4, -0.2) is 17.7 Å². The number of carbonyl (C=O) groups is 3. The Morgan fingerprint density at radius 1 is 0.758 bits per heavy atom. The van der Waals surface area contributed by atoms with Crippen LogP contribution in [0.15, 0.2) is 77.5 Å². The number of imide groups is 1. The van der Waals surface area contributed by atoms with Gasteiger partial charge in [0.1, 0.15) is 10.7 Å². The van der Waals surface area contributed by atoms with Crippen LogP contribution in [0.25, 0.3) is 0 Å². The van der Waals surface area contributed by atoms with Crippen LogP contribution < -0.4 is 15.5 Å². The van der Waals surface area contributed by atoms with Gasteiger partial charge in [-0.2, -0.15) is 0 Å². The third kappa shape index (κ3) is 4.84. The molecular formula is C23H13Cl4N3O3. The molecule has 3 amide bonds. The van der Waals surface area contributed by atoms with E-state index < -0.39 is 11.8 Å². The average molecular weight is 521 g/mol. The van der Waals surface area contributed by atoms with Crippen molar-refractivity contribution in [2.75, 3.05) is 15.5 Å². The Morgan fingerprint density at radius 2 is 1.48 bits per heavy atom. The Labute approximate surface area is 208 Å². The smallest absolute Gasteiger partial charge is 0.283 e. The molecular weight excluding hydrogens is 508 g/mol. The number of hydrogen-bond acceptors (Lipinski definition) is 4. The molecule has 3 aromatic rings. The molecule has 6 nitrogen and oxygen atoms in total. The fourth-order valence-electron chi connectivity index (χ4n) is 3.09. The highest BCUT2D eigenvalue weighted by molar-refractivity contribution is 6.53. The van der Waals surface area contributed by atoms with Crippen molar-refractivity contribution in [3.8, 4) is 0 Å². The summed E-state index contributed by atoms with van der Waals surface area (Å²) in [7, 11) is 0. The molecule has 2 N–H and O–H groups in total. The number of anilines is 3. The first-order valence-electron chi connectivity index (χ1n) is 9.42. The van der Waals surface area contributed by atoms with E-state index in [1.54, 1.807) is 42.5 Å². The van der Waals surface area contributed by atoms with E-state index in [2.05, 4.69) is 10.6 Å². The standard InChI is InChI=1S/C23H13Cl4N3O3/c24-13-4-6-14(7-5-13)29-21(31)12-2-1-3-15(10-12)28-20-19(27)22(32)30(23(20)33)16-8-9-17(25)18(26)11-16/h1-11,28H,(H,29,31). The monoisotopic (exact) mass is 519 g/mol. The van der Waals surface area contributed by atoms with Crippen molar-refractivity contribution < 1.29 is 14.4 Å². The Hall–Kier alpha value is -3.03. The summed E-state index contributed by atoms with van der Waals surface area (Å²) in [5, 5.41) is 6.33. The predicted octanol–water partition coefficient (Wildman–Crippen LogP) is 6.33. The van der Waals surface area contributed by atoms with Crippen LogP contribution in [0.4, 0.5) is 17.1 Å². The van der Waals surface area contributed by atoms with Crippen LogP contribution in [0.1, 0.15) is 10.4 Å². The molecule has 10 heteroatoms. The van der Waals surface area contributed by atoms with E-state index >= 15 is 0 Å². The second-order valence-corrected chi connectivity index (χ2v) is 8.53. The molecule has 1 aliphatic heterocycles. The van der Waals surface area contributed by atoms with Gasteiger partial charge in [-0.05, 0) is 60.7 Å². The minimum Gasteiger partial charge on any atom is -0.350 e. The second kappa shape index (κ2) is 9.45. The molecule has 0 radical (unpaired) electrons. The highest BCUT2D eigenvalue weighted by Gasteiger charge is 2.39. The number of benzene rings is 3. The molecule has 0 aliphatic carbocycles. The summed E-state index contributed by atoms with van der Waals surface area (Å²) in [5.74, 6) is -1.74. The molecule has 0 fully saturated rings. The SMILES string of the molecule is O=C(Nc1ccc(Cl)cc1)c1cccc(NC2=C(Cl)C(=O)N(c3ccc(Cl)c(Cl)c3)C2=O)c1. The predicted molar refractivity (Wildman–Crippen MR) is 131 cm³/mol. The average Bonchev–Trinajstić information content (AvgIpc) is 3.00. The summed E-state index contributed by atoms with van der Waals surface area (Å²) in [5.41, 5.74) is 1.39. The first-order chi connectivity index (χ1) is 15.7. The molecule has 0 bridgehead atoms. The summed E-state index contributed by atoms with van der Waals surface area (Å²) >= 11 is 24.0. The lowest BCUT2D eigenvalue weighted by Gasteiger charge is -2.16. The molecule has 0 saturated heterocycles. The molecule has 166 valence electrons. The van der Waals surface area contributed by atoms with Crippen molar-refractivity contribution >= 4 is 81.2 Å². The number of hydrogen-bond donors (Lipinski definition) is 2. The molecule has 0 unspecified atom stereocenters. The third-order valence-electron chi connectivity index (χ3n) is 4.68.